The van der Waals surface area contributed by atoms with Crippen molar-refractivity contribution in [3.63, 3.8) is 0 Å². The first-order chi connectivity index (χ1) is 17.9. The second kappa shape index (κ2) is 18.2. The van der Waals surface area contributed by atoms with E-state index >= 15 is 0 Å². The van der Waals surface area contributed by atoms with Gasteiger partial charge in [0.2, 0.25) is 0 Å². The van der Waals surface area contributed by atoms with E-state index in [4.69, 9.17) is 9.47 Å². The fourth-order valence-corrected chi connectivity index (χ4v) is 5.21. The molecule has 0 aliphatic heterocycles. The molecule has 5 heteroatoms. The molecule has 0 aromatic rings. The van der Waals surface area contributed by atoms with Crippen LogP contribution >= 0.6 is 0 Å². The predicted molar refractivity (Wildman–Crippen MR) is 156 cm³/mol. The maximum absolute atomic E-state index is 12.6. The maximum atomic E-state index is 12.6. The molecule has 0 saturated carbocycles. The van der Waals surface area contributed by atoms with Gasteiger partial charge in [0.15, 0.2) is 0 Å². The summed E-state index contributed by atoms with van der Waals surface area (Å²) in [7, 11) is 0. The van der Waals surface area contributed by atoms with Gasteiger partial charge in [0.25, 0.3) is 0 Å². The molecule has 1 aliphatic carbocycles. The van der Waals surface area contributed by atoms with Crippen molar-refractivity contribution in [1.29, 1.82) is 0 Å². The van der Waals surface area contributed by atoms with Gasteiger partial charge in [-0.15, -0.1) is 0 Å². The van der Waals surface area contributed by atoms with Crippen molar-refractivity contribution in [2.75, 3.05) is 6.61 Å². The lowest BCUT2D eigenvalue weighted by atomic mass is 9.67. The second-order valence-electron chi connectivity index (χ2n) is 12.0. The Bertz CT molecular complexity index is 841. The van der Waals surface area contributed by atoms with E-state index < -0.39 is 5.97 Å². The van der Waals surface area contributed by atoms with Crippen molar-refractivity contribution in [2.45, 2.75) is 138 Å². The van der Waals surface area contributed by atoms with Crippen LogP contribution in [-0.4, -0.2) is 30.4 Å². The van der Waals surface area contributed by atoms with Crippen LogP contribution in [0.1, 0.15) is 132 Å². The molecule has 1 aliphatic rings. The summed E-state index contributed by atoms with van der Waals surface area (Å²) in [6.07, 6.45) is 15.5. The van der Waals surface area contributed by atoms with E-state index in [1.807, 2.05) is 13.0 Å². The zero-order chi connectivity index (χ0) is 28.6. The first kappa shape index (κ1) is 33.9. The zero-order valence-electron chi connectivity index (χ0n) is 25.3. The minimum absolute atomic E-state index is 0.0670. The third-order valence-corrected chi connectivity index (χ3v) is 7.67. The van der Waals surface area contributed by atoms with E-state index in [0.717, 1.165) is 51.4 Å². The molecule has 0 bridgehead atoms. The van der Waals surface area contributed by atoms with Crippen LogP contribution in [0.4, 0.5) is 0 Å². The van der Waals surface area contributed by atoms with E-state index in [1.54, 1.807) is 0 Å². The molecule has 5 nitrogen and oxygen atoms in total. The Labute approximate surface area is 232 Å². The minimum atomic E-state index is -0.477. The number of hydrogen-bond donors (Lipinski definition) is 0. The van der Waals surface area contributed by atoms with E-state index in [1.165, 1.54) is 16.7 Å². The van der Waals surface area contributed by atoms with Crippen LogP contribution in [-0.2, 0) is 23.9 Å². The molecule has 2 atom stereocenters. The highest BCUT2D eigenvalue weighted by Gasteiger charge is 2.33. The van der Waals surface area contributed by atoms with Gasteiger partial charge in [-0.2, -0.15) is 0 Å². The van der Waals surface area contributed by atoms with Crippen LogP contribution in [0.15, 0.2) is 34.9 Å². The molecule has 0 saturated heterocycles. The summed E-state index contributed by atoms with van der Waals surface area (Å²) in [5.74, 6) is -0.456. The summed E-state index contributed by atoms with van der Waals surface area (Å²) in [4.78, 5) is 37.4. The number of carbonyl (C=O) groups excluding carboxylic acids is 3. The maximum Gasteiger partial charge on any atom is 0.313 e. The molecular weight excluding hydrogens is 476 g/mol. The number of ether oxygens (including phenoxy) is 2. The molecule has 2 unspecified atom stereocenters. The Morgan fingerprint density at radius 2 is 1.76 bits per heavy atom. The molecule has 1 rings (SSSR count). The molecule has 0 heterocycles. The smallest absolute Gasteiger partial charge is 0.313 e. The Balaban J connectivity index is 2.48. The van der Waals surface area contributed by atoms with E-state index in [9.17, 15) is 14.4 Å². The summed E-state index contributed by atoms with van der Waals surface area (Å²) in [6, 6.07) is 0. The quantitative estimate of drug-likeness (QED) is 0.0768. The molecule has 0 spiro atoms. The molecule has 0 aromatic heterocycles. The predicted octanol–water partition coefficient (Wildman–Crippen LogP) is 8.62. The normalized spacial score (nSPS) is 17.8. The van der Waals surface area contributed by atoms with Gasteiger partial charge in [-0.25, -0.2) is 0 Å². The highest BCUT2D eigenvalue weighted by atomic mass is 16.5. The van der Waals surface area contributed by atoms with Crippen LogP contribution in [0.25, 0.3) is 0 Å². The number of hydrogen-bond acceptors (Lipinski definition) is 5. The number of rotatable bonds is 18. The minimum Gasteiger partial charge on any atom is -0.462 e. The van der Waals surface area contributed by atoms with Crippen LogP contribution in [0.5, 0.6) is 0 Å². The molecule has 0 amide bonds. The molecule has 0 N–H and O–H groups in total. The Morgan fingerprint density at radius 1 is 1.03 bits per heavy atom. The highest BCUT2D eigenvalue weighted by Crippen LogP contribution is 2.43. The Hall–Kier alpha value is -2.17. The van der Waals surface area contributed by atoms with Crippen LogP contribution in [0, 0.1) is 11.3 Å². The summed E-state index contributed by atoms with van der Waals surface area (Å²) in [6.45, 7) is 15.3. The molecule has 216 valence electrons. The average molecular weight is 531 g/mol. The van der Waals surface area contributed by atoms with E-state index in [0.29, 0.717) is 25.2 Å². The lowest BCUT2D eigenvalue weighted by Gasteiger charge is -2.38. The Morgan fingerprint density at radius 3 is 2.42 bits per heavy atom. The van der Waals surface area contributed by atoms with Crippen molar-refractivity contribution in [1.82, 2.24) is 0 Å². The van der Waals surface area contributed by atoms with Gasteiger partial charge in [0.1, 0.15) is 24.9 Å². The lowest BCUT2D eigenvalue weighted by Crippen LogP contribution is -2.28. The monoisotopic (exact) mass is 530 g/mol. The number of unbranched alkanes of at least 4 members (excludes halogenated alkanes) is 2. The Kier molecular flexibility index (Phi) is 16.2. The number of ketones is 1. The van der Waals surface area contributed by atoms with Gasteiger partial charge in [0.05, 0.1) is 0 Å². The third kappa shape index (κ3) is 14.7. The van der Waals surface area contributed by atoms with Crippen molar-refractivity contribution in [3.05, 3.63) is 34.9 Å². The summed E-state index contributed by atoms with van der Waals surface area (Å²) >= 11 is 0. The lowest BCUT2D eigenvalue weighted by molar-refractivity contribution is -0.154. The van der Waals surface area contributed by atoms with Gasteiger partial charge < -0.3 is 9.47 Å². The second-order valence-corrected chi connectivity index (χ2v) is 12.0. The highest BCUT2D eigenvalue weighted by molar-refractivity contribution is 5.95. The van der Waals surface area contributed by atoms with E-state index in [2.05, 4.69) is 53.7 Å². The van der Waals surface area contributed by atoms with Crippen molar-refractivity contribution in [2.24, 2.45) is 11.3 Å². The van der Waals surface area contributed by atoms with Crippen molar-refractivity contribution >= 4 is 17.7 Å². The standard InChI is InChI=1S/C33H54O5/c1-8-9-10-16-29(18-20-31(35)37-23-21-26(4)14-11-13-25(2)3)38-32(36)24-28(34)17-19-30-27(5)15-12-22-33(30,6)7/h13,15,21,29-30H,8-12,14,16-20,22-24H2,1-7H3/b26-21+. The topological polar surface area (TPSA) is 69.7 Å². The van der Waals surface area contributed by atoms with Crippen molar-refractivity contribution < 1.29 is 23.9 Å². The first-order valence-electron chi connectivity index (χ1n) is 14.8. The summed E-state index contributed by atoms with van der Waals surface area (Å²) < 4.78 is 11.1. The summed E-state index contributed by atoms with van der Waals surface area (Å²) in [5, 5.41) is 0. The molecule has 38 heavy (non-hydrogen) atoms. The van der Waals surface area contributed by atoms with Crippen LogP contribution in [0.3, 0.4) is 0 Å². The van der Waals surface area contributed by atoms with Crippen LogP contribution < -0.4 is 0 Å². The van der Waals surface area contributed by atoms with Crippen LogP contribution in [0.2, 0.25) is 0 Å². The number of Topliss-reactive ketones (excluding diaryl/α,β-unsaturated/α-hetero) is 1. The first-order valence-corrected chi connectivity index (χ1v) is 14.8. The molecule has 0 aromatic carbocycles. The number of allylic oxidation sites excluding steroid dienone is 5. The van der Waals surface area contributed by atoms with Gasteiger partial charge >= 0.3 is 11.9 Å². The molecule has 0 fully saturated rings. The molecule has 0 radical (unpaired) electrons. The van der Waals surface area contributed by atoms with Gasteiger partial charge in [-0.1, -0.05) is 62.5 Å². The fourth-order valence-electron chi connectivity index (χ4n) is 5.21. The number of carbonyl (C=O) groups is 3. The van der Waals surface area contributed by atoms with Crippen molar-refractivity contribution in [3.8, 4) is 0 Å². The largest absolute Gasteiger partial charge is 0.462 e. The van der Waals surface area contributed by atoms with E-state index in [-0.39, 0.29) is 42.7 Å². The van der Waals surface area contributed by atoms with Gasteiger partial charge in [0, 0.05) is 12.8 Å². The third-order valence-electron chi connectivity index (χ3n) is 7.67. The fraction of sp³-hybridized carbons (Fsp3) is 0.727. The SMILES string of the molecule is CCCCCC(CCC(=O)OC/C=C(\C)CCC=C(C)C)OC(=O)CC(=O)CCC1C(C)=CCCC1(C)C. The summed E-state index contributed by atoms with van der Waals surface area (Å²) in [5.41, 5.74) is 4.04. The van der Waals surface area contributed by atoms with Gasteiger partial charge in [-0.3, -0.25) is 14.4 Å². The molecular formula is C33H54O5. The average Bonchev–Trinajstić information content (AvgIpc) is 2.81. The zero-order valence-corrected chi connectivity index (χ0v) is 25.3. The number of esters is 2. The van der Waals surface area contributed by atoms with Gasteiger partial charge in [-0.05, 0) is 96.5 Å².